The summed E-state index contributed by atoms with van der Waals surface area (Å²) in [5.41, 5.74) is 4.98. The fourth-order valence-corrected chi connectivity index (χ4v) is 5.65. The molecule has 8 nitrogen and oxygen atoms in total. The quantitative estimate of drug-likeness (QED) is 0.108. The smallest absolute Gasteiger partial charge is 0.186 e. The molecule has 48 heavy (non-hydrogen) atoms. The molecule has 0 radical (unpaired) electrons. The minimum absolute atomic E-state index is 0.187. The maximum Gasteiger partial charge on any atom is 0.186 e. The number of fused-ring (bicyclic) bond motifs is 1. The predicted octanol–water partition coefficient (Wildman–Crippen LogP) is 8.22. The lowest BCUT2D eigenvalue weighted by atomic mass is 9.78. The van der Waals surface area contributed by atoms with Crippen LogP contribution >= 0.6 is 0 Å². The molecule has 0 unspecified atom stereocenters. The zero-order valence-electron chi connectivity index (χ0n) is 27.3. The lowest BCUT2D eigenvalue weighted by Crippen LogP contribution is -2.18. The van der Waals surface area contributed by atoms with Crippen molar-refractivity contribution >= 4 is 39.4 Å². The Bertz CT molecular complexity index is 2030. The van der Waals surface area contributed by atoms with Gasteiger partial charge in [-0.2, -0.15) is 0 Å². The summed E-state index contributed by atoms with van der Waals surface area (Å²) in [5, 5.41) is 4.24. The summed E-state index contributed by atoms with van der Waals surface area (Å²) in [6.45, 7) is 5.18. The number of nitrogens with zero attached hydrogens (tertiary/aromatic N) is 1. The first-order valence-electron chi connectivity index (χ1n) is 15.6. The van der Waals surface area contributed by atoms with Gasteiger partial charge in [0, 0.05) is 52.7 Å². The van der Waals surface area contributed by atoms with Crippen molar-refractivity contribution in [2.24, 2.45) is 0 Å². The van der Waals surface area contributed by atoms with E-state index in [0.717, 1.165) is 16.6 Å². The number of carbonyl (C=O) groups is 2. The van der Waals surface area contributed by atoms with Crippen LogP contribution in [0.1, 0.15) is 30.5 Å². The van der Waals surface area contributed by atoms with Crippen LogP contribution in [0.15, 0.2) is 115 Å². The number of hydrogen-bond acceptors (Lipinski definition) is 8. The third-order valence-electron chi connectivity index (χ3n) is 8.38. The Morgan fingerprint density at radius 3 is 2.25 bits per heavy atom. The summed E-state index contributed by atoms with van der Waals surface area (Å²) in [6, 6.07) is 29.3. The van der Waals surface area contributed by atoms with Gasteiger partial charge in [-0.15, -0.1) is 0 Å². The van der Waals surface area contributed by atoms with E-state index in [4.69, 9.17) is 18.9 Å². The van der Waals surface area contributed by atoms with Crippen LogP contribution in [0, 0.1) is 0 Å². The topological polar surface area (TPSA) is 96.0 Å². The molecule has 1 aromatic heterocycles. The second kappa shape index (κ2) is 13.9. The van der Waals surface area contributed by atoms with Gasteiger partial charge in [0.15, 0.2) is 23.1 Å². The van der Waals surface area contributed by atoms with Crippen LogP contribution in [0.25, 0.3) is 16.5 Å². The molecule has 8 heteroatoms. The van der Waals surface area contributed by atoms with Crippen LogP contribution in [0.4, 0.5) is 11.4 Å². The maximum atomic E-state index is 13.1. The van der Waals surface area contributed by atoms with Crippen molar-refractivity contribution in [1.82, 2.24) is 4.98 Å². The molecule has 0 saturated heterocycles. The number of anilines is 2. The third-order valence-corrected chi connectivity index (χ3v) is 8.38. The van der Waals surface area contributed by atoms with E-state index in [1.165, 1.54) is 23.8 Å². The molecule has 4 aromatic carbocycles. The van der Waals surface area contributed by atoms with E-state index in [9.17, 15) is 9.59 Å². The zero-order valence-corrected chi connectivity index (χ0v) is 27.3. The molecule has 1 N–H and O–H groups in total. The number of nitrogens with one attached hydrogen (secondary N) is 1. The molecule has 0 aliphatic heterocycles. The van der Waals surface area contributed by atoms with Gasteiger partial charge in [-0.05, 0) is 71.8 Å². The first-order valence-corrected chi connectivity index (χ1v) is 15.6. The van der Waals surface area contributed by atoms with Gasteiger partial charge in [0.1, 0.15) is 18.1 Å². The molecule has 6 rings (SSSR count). The minimum Gasteiger partial charge on any atom is -0.493 e. The molecule has 0 saturated carbocycles. The summed E-state index contributed by atoms with van der Waals surface area (Å²) in [4.78, 5) is 30.0. The van der Waals surface area contributed by atoms with Gasteiger partial charge < -0.3 is 24.3 Å². The van der Waals surface area contributed by atoms with Crippen LogP contribution in [-0.2, 0) is 19.7 Å². The highest BCUT2D eigenvalue weighted by Gasteiger charge is 2.23. The number of methoxy groups -OCH3 is 2. The van der Waals surface area contributed by atoms with Crippen LogP contribution in [0.5, 0.6) is 23.0 Å². The van der Waals surface area contributed by atoms with Crippen LogP contribution < -0.4 is 19.5 Å². The summed E-state index contributed by atoms with van der Waals surface area (Å²) in [6.07, 6.45) is 5.60. The van der Waals surface area contributed by atoms with Gasteiger partial charge in [0.2, 0.25) is 0 Å². The Hall–Kier alpha value is -5.73. The van der Waals surface area contributed by atoms with Crippen molar-refractivity contribution in [1.29, 1.82) is 0 Å². The van der Waals surface area contributed by atoms with Crippen molar-refractivity contribution < 1.29 is 28.5 Å². The van der Waals surface area contributed by atoms with Crippen molar-refractivity contribution in [3.05, 3.63) is 132 Å². The van der Waals surface area contributed by atoms with E-state index < -0.39 is 0 Å². The number of aromatic nitrogens is 1. The van der Waals surface area contributed by atoms with Gasteiger partial charge in [0.25, 0.3) is 0 Å². The van der Waals surface area contributed by atoms with Crippen molar-refractivity contribution in [3.63, 3.8) is 0 Å². The number of carbonyl (C=O) groups excluding carboxylic acids is 2. The lowest BCUT2D eigenvalue weighted by Gasteiger charge is -2.26. The second-order valence-electron chi connectivity index (χ2n) is 11.8. The van der Waals surface area contributed by atoms with Gasteiger partial charge in [-0.25, -0.2) is 0 Å². The van der Waals surface area contributed by atoms with Gasteiger partial charge in [0.05, 0.1) is 19.2 Å². The highest BCUT2D eigenvalue weighted by Crippen LogP contribution is 2.39. The summed E-state index contributed by atoms with van der Waals surface area (Å²) in [5.74, 6) is 1.71. The van der Waals surface area contributed by atoms with Gasteiger partial charge in [-0.1, -0.05) is 56.3 Å². The monoisotopic (exact) mass is 640 g/mol. The number of hydrogen-bond donors (Lipinski definition) is 1. The molecule has 0 spiro atoms. The molecule has 1 heterocycles. The first kappa shape index (κ1) is 32.2. The average Bonchev–Trinajstić information content (AvgIpc) is 3.10. The lowest BCUT2D eigenvalue weighted by molar-refractivity contribution is -0.113. The number of pyridine rings is 1. The van der Waals surface area contributed by atoms with E-state index in [0.29, 0.717) is 53.0 Å². The fourth-order valence-electron chi connectivity index (χ4n) is 5.65. The Morgan fingerprint density at radius 1 is 0.750 bits per heavy atom. The molecule has 1 aliphatic carbocycles. The number of rotatable bonds is 12. The Balaban J connectivity index is 1.33. The molecule has 0 bridgehead atoms. The van der Waals surface area contributed by atoms with E-state index in [1.54, 1.807) is 26.5 Å². The fraction of sp³-hybridized carbons (Fsp3) is 0.175. The number of ether oxygens (including phenoxy) is 4. The first-order chi connectivity index (χ1) is 23.3. The molecular formula is C40H36N2O6. The van der Waals surface area contributed by atoms with Crippen molar-refractivity contribution in [2.75, 3.05) is 32.8 Å². The summed E-state index contributed by atoms with van der Waals surface area (Å²) >= 11 is 0. The number of ketones is 2. The Kier molecular flexibility index (Phi) is 9.36. The van der Waals surface area contributed by atoms with E-state index in [-0.39, 0.29) is 22.6 Å². The van der Waals surface area contributed by atoms with E-state index >= 15 is 0 Å². The second-order valence-corrected chi connectivity index (χ2v) is 11.8. The third kappa shape index (κ3) is 6.84. The molecule has 0 fully saturated rings. The minimum atomic E-state index is -0.276. The van der Waals surface area contributed by atoms with Crippen LogP contribution in [0.3, 0.4) is 0 Å². The number of allylic oxidation sites excluding steroid dienone is 4. The Morgan fingerprint density at radius 2 is 1.50 bits per heavy atom. The predicted molar refractivity (Wildman–Crippen MR) is 188 cm³/mol. The normalized spacial score (nSPS) is 13.0. The maximum absolute atomic E-state index is 13.1. The summed E-state index contributed by atoms with van der Waals surface area (Å²) < 4.78 is 22.9. The zero-order chi connectivity index (χ0) is 33.7. The van der Waals surface area contributed by atoms with Crippen LogP contribution in [0.2, 0.25) is 0 Å². The number of benzene rings is 4. The molecular weight excluding hydrogens is 604 g/mol. The SMILES string of the molecule is COCCOc1cc2nccc(Nc3ccc(Oc4ccc(C(C)(C)c5ccccc5)cc4)cc3C3=CC(=O)C=CC3=O)c2cc1OC. The van der Waals surface area contributed by atoms with Gasteiger partial charge in [-0.3, -0.25) is 14.6 Å². The van der Waals surface area contributed by atoms with Crippen molar-refractivity contribution in [2.45, 2.75) is 19.3 Å². The van der Waals surface area contributed by atoms with Crippen LogP contribution in [-0.4, -0.2) is 44.0 Å². The largest absolute Gasteiger partial charge is 0.493 e. The molecule has 0 amide bonds. The van der Waals surface area contributed by atoms with Crippen molar-refractivity contribution in [3.8, 4) is 23.0 Å². The molecule has 5 aromatic rings. The van der Waals surface area contributed by atoms with E-state index in [1.807, 2.05) is 60.7 Å². The molecule has 1 aliphatic rings. The standard InChI is InChI=1S/C40H36N2O6/c1-40(2,26-8-6-5-7-9-26)27-10-13-29(14-11-27)48-30-15-16-34(31(23-30)32-22-28(43)12-17-37(32)44)42-35-18-19-41-36-25-39(47-21-20-45-3)38(46-4)24-33(35)36/h5-19,22-25H,20-21H2,1-4H3,(H,41,42). The Labute approximate surface area is 279 Å². The highest BCUT2D eigenvalue weighted by molar-refractivity contribution is 6.34. The summed E-state index contributed by atoms with van der Waals surface area (Å²) in [7, 11) is 3.19. The highest BCUT2D eigenvalue weighted by atomic mass is 16.5. The van der Waals surface area contributed by atoms with E-state index in [2.05, 4.69) is 48.4 Å². The molecule has 242 valence electrons. The van der Waals surface area contributed by atoms with Gasteiger partial charge >= 0.3 is 0 Å². The molecule has 0 atom stereocenters. The average molecular weight is 641 g/mol.